The second kappa shape index (κ2) is 11.4. The maximum Gasteiger partial charge on any atom is 0.407 e. The normalized spacial score (nSPS) is 13.2. The first kappa shape index (κ1) is 23.4. The smallest absolute Gasteiger partial charge is 0.407 e. The molecule has 0 saturated carbocycles. The molecule has 0 aromatic heterocycles. The third kappa shape index (κ3) is 8.25. The molecule has 0 spiro atoms. The zero-order valence-electron chi connectivity index (χ0n) is 18.1. The number of amides is 1. The summed E-state index contributed by atoms with van der Waals surface area (Å²) in [5.41, 5.74) is 1.24. The minimum Gasteiger partial charge on any atom is -0.458 e. The van der Waals surface area contributed by atoms with Gasteiger partial charge in [-0.3, -0.25) is 0 Å². The lowest BCUT2D eigenvalue weighted by molar-refractivity contribution is -0.161. The van der Waals surface area contributed by atoms with E-state index in [1.807, 2.05) is 60.7 Å². The van der Waals surface area contributed by atoms with E-state index in [1.54, 1.807) is 20.8 Å². The van der Waals surface area contributed by atoms with Crippen LogP contribution in [-0.4, -0.2) is 37.4 Å². The van der Waals surface area contributed by atoms with Gasteiger partial charge in [0.2, 0.25) is 0 Å². The van der Waals surface area contributed by atoms with Crippen molar-refractivity contribution in [3.8, 4) is 0 Å². The second-order valence-corrected chi connectivity index (χ2v) is 7.99. The zero-order valence-corrected chi connectivity index (χ0v) is 18.1. The molecular weight excluding hydrogens is 382 g/mol. The first-order chi connectivity index (χ1) is 14.3. The van der Waals surface area contributed by atoms with Crippen molar-refractivity contribution in [1.82, 2.24) is 5.32 Å². The topological polar surface area (TPSA) is 73.9 Å². The minimum atomic E-state index is -0.827. The van der Waals surface area contributed by atoms with Gasteiger partial charge in [-0.25, -0.2) is 9.59 Å². The fraction of sp³-hybridized carbons (Fsp3) is 0.417. The number of carbonyl (C=O) groups excluding carboxylic acids is 2. The van der Waals surface area contributed by atoms with Gasteiger partial charge in [-0.1, -0.05) is 60.7 Å². The maximum absolute atomic E-state index is 12.8. The number of nitrogens with one attached hydrogen (secondary N) is 1. The van der Waals surface area contributed by atoms with E-state index in [-0.39, 0.29) is 6.54 Å². The molecule has 2 aromatic rings. The number of carbonyl (C=O) groups is 2. The number of rotatable bonds is 9. The molecule has 2 aromatic carbocycles. The lowest BCUT2D eigenvalue weighted by atomic mass is 10.1. The van der Waals surface area contributed by atoms with Crippen LogP contribution < -0.4 is 5.32 Å². The molecular formula is C24H31NO5. The highest BCUT2D eigenvalue weighted by Crippen LogP contribution is 2.20. The summed E-state index contributed by atoms with van der Waals surface area (Å²) < 4.78 is 16.4. The fourth-order valence-corrected chi connectivity index (χ4v) is 2.91. The van der Waals surface area contributed by atoms with Crippen molar-refractivity contribution in [2.75, 3.05) is 13.7 Å². The predicted octanol–water partition coefficient (Wildman–Crippen LogP) is 4.44. The van der Waals surface area contributed by atoms with Gasteiger partial charge in [0.05, 0.1) is 6.54 Å². The van der Waals surface area contributed by atoms with E-state index in [0.29, 0.717) is 18.4 Å². The van der Waals surface area contributed by atoms with Gasteiger partial charge in [0.1, 0.15) is 11.7 Å². The predicted molar refractivity (Wildman–Crippen MR) is 115 cm³/mol. The van der Waals surface area contributed by atoms with Gasteiger partial charge in [0, 0.05) is 7.11 Å². The Morgan fingerprint density at radius 2 is 1.57 bits per heavy atom. The molecule has 2 rings (SSSR count). The number of methoxy groups -OCH3 is 1. The van der Waals surface area contributed by atoms with E-state index < -0.39 is 29.9 Å². The molecule has 0 aliphatic rings. The Labute approximate surface area is 178 Å². The van der Waals surface area contributed by atoms with Crippen LogP contribution in [0.5, 0.6) is 0 Å². The number of alkyl carbamates (subject to hydrolysis) is 1. The van der Waals surface area contributed by atoms with Gasteiger partial charge in [0.15, 0.2) is 6.10 Å². The van der Waals surface area contributed by atoms with Gasteiger partial charge in [-0.05, 0) is 44.7 Å². The van der Waals surface area contributed by atoms with Crippen LogP contribution in [-0.2, 0) is 25.4 Å². The van der Waals surface area contributed by atoms with E-state index in [4.69, 9.17) is 14.2 Å². The lowest BCUT2D eigenvalue weighted by Crippen LogP contribution is -2.39. The molecule has 0 aliphatic heterocycles. The summed E-state index contributed by atoms with van der Waals surface area (Å²) in [6.45, 7) is 5.53. The third-order valence-electron chi connectivity index (χ3n) is 4.31. The first-order valence-corrected chi connectivity index (χ1v) is 10.1. The number of aryl methyl sites for hydroxylation is 1. The van der Waals surface area contributed by atoms with Crippen LogP contribution in [0, 0.1) is 0 Å². The van der Waals surface area contributed by atoms with Gasteiger partial charge < -0.3 is 19.5 Å². The molecule has 0 aliphatic carbocycles. The van der Waals surface area contributed by atoms with E-state index in [2.05, 4.69) is 5.32 Å². The number of hydrogen-bond acceptors (Lipinski definition) is 5. The summed E-state index contributed by atoms with van der Waals surface area (Å²) in [4.78, 5) is 24.8. The highest BCUT2D eigenvalue weighted by atomic mass is 16.6. The molecule has 162 valence electrons. The van der Waals surface area contributed by atoms with Crippen LogP contribution in [0.25, 0.3) is 0 Å². The molecule has 0 bridgehead atoms. The monoisotopic (exact) mass is 413 g/mol. The highest BCUT2D eigenvalue weighted by Gasteiger charge is 2.26. The molecule has 0 saturated heterocycles. The van der Waals surface area contributed by atoms with Gasteiger partial charge in [-0.2, -0.15) is 0 Å². The van der Waals surface area contributed by atoms with Gasteiger partial charge in [-0.15, -0.1) is 0 Å². The van der Waals surface area contributed by atoms with Crippen molar-refractivity contribution in [2.24, 2.45) is 0 Å². The zero-order chi connectivity index (χ0) is 22.0. The van der Waals surface area contributed by atoms with Crippen molar-refractivity contribution in [3.63, 3.8) is 0 Å². The molecule has 0 fully saturated rings. The van der Waals surface area contributed by atoms with Crippen molar-refractivity contribution in [3.05, 3.63) is 71.8 Å². The Kier molecular flexibility index (Phi) is 8.87. The summed E-state index contributed by atoms with van der Waals surface area (Å²) in [5, 5.41) is 2.70. The van der Waals surface area contributed by atoms with Gasteiger partial charge in [0.25, 0.3) is 0 Å². The van der Waals surface area contributed by atoms with Crippen molar-refractivity contribution in [2.45, 2.75) is 51.4 Å². The summed E-state index contributed by atoms with van der Waals surface area (Å²) in [7, 11) is 1.47. The van der Waals surface area contributed by atoms with E-state index in [1.165, 1.54) is 7.11 Å². The summed E-state index contributed by atoms with van der Waals surface area (Å²) in [5.74, 6) is -0.493. The summed E-state index contributed by atoms with van der Waals surface area (Å²) >= 11 is 0. The summed E-state index contributed by atoms with van der Waals surface area (Å²) in [6.07, 6.45) is -0.637. The molecule has 1 amide bonds. The van der Waals surface area contributed by atoms with E-state index >= 15 is 0 Å². The SMILES string of the molecule is CO[C@H](C(=O)O[C@@H](CCc1ccccc1)CNC(=O)OC(C)(C)C)c1ccccc1. The largest absolute Gasteiger partial charge is 0.458 e. The molecule has 2 atom stereocenters. The number of hydrogen-bond donors (Lipinski definition) is 1. The first-order valence-electron chi connectivity index (χ1n) is 10.1. The minimum absolute atomic E-state index is 0.151. The standard InChI is InChI=1S/C24H31NO5/c1-24(2,3)30-23(27)25-17-20(16-15-18-11-7-5-8-12-18)29-22(26)21(28-4)19-13-9-6-10-14-19/h5-14,20-21H,15-17H2,1-4H3,(H,25,27)/t20-,21-/m0/s1. The Morgan fingerprint density at radius 1 is 0.967 bits per heavy atom. The van der Waals surface area contributed by atoms with Crippen LogP contribution in [0.2, 0.25) is 0 Å². The molecule has 0 radical (unpaired) electrons. The average Bonchev–Trinajstić information content (AvgIpc) is 2.71. The van der Waals surface area contributed by atoms with Crippen LogP contribution in [0.4, 0.5) is 4.79 Å². The quantitative estimate of drug-likeness (QED) is 0.615. The van der Waals surface area contributed by atoms with Crippen molar-refractivity contribution < 1.29 is 23.8 Å². The lowest BCUT2D eigenvalue weighted by Gasteiger charge is -2.24. The van der Waals surface area contributed by atoms with Crippen LogP contribution in [0.3, 0.4) is 0 Å². The molecule has 30 heavy (non-hydrogen) atoms. The van der Waals surface area contributed by atoms with Gasteiger partial charge >= 0.3 is 12.1 Å². The Morgan fingerprint density at radius 3 is 2.13 bits per heavy atom. The molecule has 0 heterocycles. The average molecular weight is 414 g/mol. The number of benzene rings is 2. The Bertz CT molecular complexity index is 786. The Hall–Kier alpha value is -2.86. The van der Waals surface area contributed by atoms with E-state index in [9.17, 15) is 9.59 Å². The Balaban J connectivity index is 2.03. The van der Waals surface area contributed by atoms with E-state index in [0.717, 1.165) is 5.56 Å². The molecule has 1 N–H and O–H groups in total. The number of ether oxygens (including phenoxy) is 3. The third-order valence-corrected chi connectivity index (χ3v) is 4.31. The van der Waals surface area contributed by atoms with Crippen LogP contribution >= 0.6 is 0 Å². The highest BCUT2D eigenvalue weighted by molar-refractivity contribution is 5.76. The van der Waals surface area contributed by atoms with Crippen LogP contribution in [0.1, 0.15) is 44.4 Å². The van der Waals surface area contributed by atoms with Crippen LogP contribution in [0.15, 0.2) is 60.7 Å². The molecule has 6 nitrogen and oxygen atoms in total. The van der Waals surface area contributed by atoms with Crippen molar-refractivity contribution in [1.29, 1.82) is 0 Å². The molecule has 0 unspecified atom stereocenters. The maximum atomic E-state index is 12.8. The van der Waals surface area contributed by atoms with Crippen molar-refractivity contribution >= 4 is 12.1 Å². The molecule has 6 heteroatoms. The fourth-order valence-electron chi connectivity index (χ4n) is 2.91. The number of esters is 1. The summed E-state index contributed by atoms with van der Waals surface area (Å²) in [6, 6.07) is 19.1. The second-order valence-electron chi connectivity index (χ2n) is 7.99.